The second-order valence-electron chi connectivity index (χ2n) is 7.86. The van der Waals surface area contributed by atoms with E-state index in [0.717, 1.165) is 51.5 Å². The number of carbonyl (C=O) groups excluding carboxylic acids is 1. The van der Waals surface area contributed by atoms with E-state index in [4.69, 9.17) is 10.7 Å². The van der Waals surface area contributed by atoms with Gasteiger partial charge in [0.05, 0.1) is 19.0 Å². The third-order valence-electron chi connectivity index (χ3n) is 5.30. The molecule has 162 valence electrons. The lowest BCUT2D eigenvalue weighted by Crippen LogP contribution is -2.40. The van der Waals surface area contributed by atoms with Crippen LogP contribution in [0.3, 0.4) is 0 Å². The number of carbonyl (C=O) groups is 1. The smallest absolute Gasteiger partial charge is 0.221 e. The van der Waals surface area contributed by atoms with E-state index in [9.17, 15) is 4.79 Å². The molecule has 6 nitrogen and oxygen atoms in total. The summed E-state index contributed by atoms with van der Waals surface area (Å²) in [4.78, 5) is 21.2. The van der Waals surface area contributed by atoms with Crippen LogP contribution in [0.2, 0.25) is 0 Å². The zero-order valence-corrected chi connectivity index (χ0v) is 18.8. The molecule has 1 amide bonds. The Balaban J connectivity index is 1.57. The van der Waals surface area contributed by atoms with Crippen LogP contribution in [0.4, 0.5) is 0 Å². The molecular weight excluding hydrogens is 394 g/mol. The van der Waals surface area contributed by atoms with Gasteiger partial charge in [0, 0.05) is 29.4 Å². The Kier molecular flexibility index (Phi) is 8.28. The molecule has 30 heavy (non-hydrogen) atoms. The van der Waals surface area contributed by atoms with Crippen molar-refractivity contribution in [3.63, 3.8) is 0 Å². The van der Waals surface area contributed by atoms with E-state index in [-0.39, 0.29) is 11.8 Å². The minimum Gasteiger partial charge on any atom is -0.369 e. The lowest BCUT2D eigenvalue weighted by atomic mass is 9.97. The number of nitrogens with one attached hydrogen (secondary N) is 2. The fraction of sp³-hybridized carbons (Fsp3) is 0.478. The molecule has 0 aliphatic carbocycles. The van der Waals surface area contributed by atoms with Gasteiger partial charge in [-0.3, -0.25) is 9.69 Å². The number of nitrogens with zero attached hydrogens (tertiary/aromatic N) is 2. The zero-order valence-electron chi connectivity index (χ0n) is 18.0. The van der Waals surface area contributed by atoms with Crippen molar-refractivity contribution in [1.29, 1.82) is 0 Å². The Morgan fingerprint density at radius 2 is 2.10 bits per heavy atom. The van der Waals surface area contributed by atoms with E-state index >= 15 is 0 Å². The lowest BCUT2D eigenvalue weighted by molar-refractivity contribution is -0.123. The predicted octanol–water partition coefficient (Wildman–Crippen LogP) is 3.01. The summed E-state index contributed by atoms with van der Waals surface area (Å²) in [6.45, 7) is 9.04. The maximum absolute atomic E-state index is 11.5. The minimum absolute atomic E-state index is 0.0209. The zero-order chi connectivity index (χ0) is 21.3. The molecule has 3 rings (SSSR count). The maximum atomic E-state index is 11.5. The van der Waals surface area contributed by atoms with Gasteiger partial charge >= 0.3 is 0 Å². The number of aryl methyl sites for hydroxylation is 1. The molecule has 1 aromatic carbocycles. The fourth-order valence-electron chi connectivity index (χ4n) is 3.78. The fourth-order valence-corrected chi connectivity index (χ4v) is 4.61. The number of hydrogen-bond donors (Lipinski definition) is 3. The molecule has 4 N–H and O–H groups in total. The Morgan fingerprint density at radius 1 is 1.27 bits per heavy atom. The summed E-state index contributed by atoms with van der Waals surface area (Å²) in [5, 5.41) is 6.73. The van der Waals surface area contributed by atoms with Crippen LogP contribution < -0.4 is 16.4 Å². The number of hydrogen-bond acceptors (Lipinski definition) is 4. The highest BCUT2D eigenvalue weighted by Gasteiger charge is 2.23. The number of thiophene rings is 1. The first-order valence-corrected chi connectivity index (χ1v) is 11.5. The minimum atomic E-state index is -0.177. The van der Waals surface area contributed by atoms with Crippen molar-refractivity contribution in [2.45, 2.75) is 46.3 Å². The molecule has 1 unspecified atom stereocenters. The summed E-state index contributed by atoms with van der Waals surface area (Å²) in [6.07, 6.45) is 1.94. The number of amides is 1. The van der Waals surface area contributed by atoms with Gasteiger partial charge in [-0.25, -0.2) is 4.99 Å². The molecule has 2 aromatic rings. The molecule has 0 radical (unpaired) electrons. The highest BCUT2D eigenvalue weighted by atomic mass is 32.1. The molecule has 1 aromatic heterocycles. The lowest BCUT2D eigenvalue weighted by Gasteiger charge is -2.31. The quantitative estimate of drug-likeness (QED) is 0.447. The second kappa shape index (κ2) is 11.1. The summed E-state index contributed by atoms with van der Waals surface area (Å²) in [5.74, 6) is 0.630. The van der Waals surface area contributed by atoms with Gasteiger partial charge in [0.1, 0.15) is 0 Å². The summed E-state index contributed by atoms with van der Waals surface area (Å²) in [7, 11) is 0. The Bertz CT molecular complexity index is 863. The van der Waals surface area contributed by atoms with Crippen molar-refractivity contribution in [2.75, 3.05) is 19.6 Å². The highest BCUT2D eigenvalue weighted by Crippen LogP contribution is 2.19. The molecule has 1 atom stereocenters. The third-order valence-corrected chi connectivity index (χ3v) is 6.30. The normalized spacial score (nSPS) is 17.7. The van der Waals surface area contributed by atoms with Crippen LogP contribution in [0, 0.1) is 12.8 Å². The van der Waals surface area contributed by atoms with Crippen LogP contribution in [0.15, 0.2) is 41.4 Å². The molecule has 7 heteroatoms. The van der Waals surface area contributed by atoms with Gasteiger partial charge in [-0.05, 0) is 56.5 Å². The van der Waals surface area contributed by atoms with Gasteiger partial charge < -0.3 is 16.4 Å². The van der Waals surface area contributed by atoms with Gasteiger partial charge in [-0.1, -0.05) is 24.3 Å². The molecule has 0 spiro atoms. The van der Waals surface area contributed by atoms with Crippen LogP contribution in [-0.2, 0) is 24.4 Å². The first-order chi connectivity index (χ1) is 14.5. The summed E-state index contributed by atoms with van der Waals surface area (Å²) >= 11 is 1.80. The van der Waals surface area contributed by atoms with E-state index in [1.54, 1.807) is 11.3 Å². The van der Waals surface area contributed by atoms with E-state index in [2.05, 4.69) is 65.8 Å². The molecule has 0 bridgehead atoms. The van der Waals surface area contributed by atoms with E-state index in [0.29, 0.717) is 6.54 Å². The molecular formula is C23H33N5OS. The number of primary amides is 1. The van der Waals surface area contributed by atoms with Crippen molar-refractivity contribution in [3.8, 4) is 0 Å². The second-order valence-corrected chi connectivity index (χ2v) is 9.23. The first kappa shape index (κ1) is 22.3. The summed E-state index contributed by atoms with van der Waals surface area (Å²) in [6, 6.07) is 12.9. The summed E-state index contributed by atoms with van der Waals surface area (Å²) in [5.41, 5.74) is 7.94. The van der Waals surface area contributed by atoms with Crippen LogP contribution >= 0.6 is 11.3 Å². The van der Waals surface area contributed by atoms with Crippen molar-refractivity contribution in [2.24, 2.45) is 16.6 Å². The van der Waals surface area contributed by atoms with Crippen LogP contribution in [0.1, 0.15) is 40.6 Å². The van der Waals surface area contributed by atoms with Crippen molar-refractivity contribution in [1.82, 2.24) is 15.5 Å². The molecule has 1 fully saturated rings. The van der Waals surface area contributed by atoms with Gasteiger partial charge in [0.15, 0.2) is 5.96 Å². The van der Waals surface area contributed by atoms with E-state index in [1.165, 1.54) is 20.9 Å². The van der Waals surface area contributed by atoms with Crippen molar-refractivity contribution < 1.29 is 4.79 Å². The monoisotopic (exact) mass is 427 g/mol. The molecule has 1 aliphatic rings. The average Bonchev–Trinajstić information content (AvgIpc) is 3.16. The van der Waals surface area contributed by atoms with E-state index < -0.39 is 0 Å². The van der Waals surface area contributed by atoms with Gasteiger partial charge in [-0.2, -0.15) is 0 Å². The molecule has 2 heterocycles. The topological polar surface area (TPSA) is 82.8 Å². The number of aliphatic imine (C=N–C) groups is 1. The predicted molar refractivity (Wildman–Crippen MR) is 124 cm³/mol. The standard InChI is InChI=1S/C23H33N5OS/c1-3-25-23(27-14-21-10-9-17(2)30-21)26-13-18-6-4-7-19(12-18)15-28-11-5-8-20(16-28)22(24)29/h4,6-7,9-10,12,20H,3,5,8,11,13-16H2,1-2H3,(H2,24,29)(H2,25,26,27). The third kappa shape index (κ3) is 6.85. The number of likely N-dealkylation sites (tertiary alicyclic amines) is 1. The Morgan fingerprint density at radius 3 is 2.83 bits per heavy atom. The molecule has 0 saturated carbocycles. The highest BCUT2D eigenvalue weighted by molar-refractivity contribution is 7.11. The maximum Gasteiger partial charge on any atom is 0.221 e. The average molecular weight is 428 g/mol. The van der Waals surface area contributed by atoms with E-state index in [1.807, 2.05) is 0 Å². The summed E-state index contributed by atoms with van der Waals surface area (Å²) < 4.78 is 0. The SMILES string of the molecule is CCNC(=NCc1cccc(CN2CCCC(C(N)=O)C2)c1)NCc1ccc(C)s1. The number of guanidine groups is 1. The van der Waals surface area contributed by atoms with Gasteiger partial charge in [0.2, 0.25) is 5.91 Å². The van der Waals surface area contributed by atoms with Crippen molar-refractivity contribution in [3.05, 3.63) is 57.3 Å². The van der Waals surface area contributed by atoms with Gasteiger partial charge in [0.25, 0.3) is 0 Å². The molecule has 1 aliphatic heterocycles. The number of nitrogens with two attached hydrogens (primary N) is 1. The number of piperidine rings is 1. The van der Waals surface area contributed by atoms with Gasteiger partial charge in [-0.15, -0.1) is 11.3 Å². The first-order valence-electron chi connectivity index (χ1n) is 10.7. The van der Waals surface area contributed by atoms with Crippen LogP contribution in [0.5, 0.6) is 0 Å². The van der Waals surface area contributed by atoms with Crippen LogP contribution in [-0.4, -0.2) is 36.4 Å². The molecule has 1 saturated heterocycles. The largest absolute Gasteiger partial charge is 0.369 e. The number of benzene rings is 1. The Hall–Kier alpha value is -2.38. The Labute approximate surface area is 183 Å². The van der Waals surface area contributed by atoms with Crippen LogP contribution in [0.25, 0.3) is 0 Å². The van der Waals surface area contributed by atoms with Crippen molar-refractivity contribution >= 4 is 23.2 Å². The number of rotatable bonds is 8.